The summed E-state index contributed by atoms with van der Waals surface area (Å²) in [6.07, 6.45) is 2.04. The van der Waals surface area contributed by atoms with E-state index in [9.17, 15) is 0 Å². The Labute approximate surface area is 102 Å². The Hall–Kier alpha value is -1.61. The first-order chi connectivity index (χ1) is 8.06. The van der Waals surface area contributed by atoms with Crippen LogP contribution in [0.2, 0.25) is 0 Å². The van der Waals surface area contributed by atoms with Gasteiger partial charge in [-0.25, -0.2) is 4.98 Å². The molecular weight excluding hydrogens is 210 g/mol. The van der Waals surface area contributed by atoms with E-state index in [1.807, 2.05) is 20.0 Å². The molecule has 3 nitrogen and oxygen atoms in total. The number of rotatable bonds is 3. The highest BCUT2D eigenvalue weighted by Gasteiger charge is 2.07. The van der Waals surface area contributed by atoms with Crippen molar-refractivity contribution in [2.24, 2.45) is 5.73 Å². The second kappa shape index (κ2) is 4.72. The zero-order valence-electron chi connectivity index (χ0n) is 10.6. The molecule has 0 amide bonds. The van der Waals surface area contributed by atoms with E-state index < -0.39 is 0 Å². The molecule has 1 aromatic carbocycles. The fraction of sp³-hybridized carbons (Fsp3) is 0.357. The Morgan fingerprint density at radius 3 is 2.71 bits per heavy atom. The molecule has 0 spiro atoms. The monoisotopic (exact) mass is 229 g/mol. The first kappa shape index (κ1) is 11.9. The van der Waals surface area contributed by atoms with Crippen LogP contribution in [0.4, 0.5) is 0 Å². The summed E-state index contributed by atoms with van der Waals surface area (Å²) >= 11 is 0. The number of aryl methyl sites for hydroxylation is 2. The molecule has 1 unspecified atom stereocenters. The molecule has 0 aliphatic rings. The third-order valence-electron chi connectivity index (χ3n) is 2.90. The van der Waals surface area contributed by atoms with Crippen molar-refractivity contribution in [3.8, 4) is 0 Å². The van der Waals surface area contributed by atoms with Crippen LogP contribution in [0.25, 0.3) is 0 Å². The van der Waals surface area contributed by atoms with Gasteiger partial charge in [0.25, 0.3) is 0 Å². The van der Waals surface area contributed by atoms with Gasteiger partial charge in [-0.3, -0.25) is 0 Å². The molecule has 3 heteroatoms. The molecule has 1 atom stereocenters. The molecule has 0 aliphatic carbocycles. The summed E-state index contributed by atoms with van der Waals surface area (Å²) in [6, 6.07) is 8.52. The summed E-state index contributed by atoms with van der Waals surface area (Å²) < 4.78 is 2.15. The molecule has 0 fully saturated rings. The molecule has 0 aliphatic heterocycles. The molecule has 2 aromatic rings. The molecule has 2 N–H and O–H groups in total. The summed E-state index contributed by atoms with van der Waals surface area (Å²) in [5, 5.41) is 0. The van der Waals surface area contributed by atoms with Crippen molar-refractivity contribution >= 4 is 0 Å². The lowest BCUT2D eigenvalue weighted by Crippen LogP contribution is -2.05. The minimum atomic E-state index is -0.00698. The van der Waals surface area contributed by atoms with Gasteiger partial charge in [0.2, 0.25) is 0 Å². The van der Waals surface area contributed by atoms with Crippen LogP contribution in [0.1, 0.15) is 35.6 Å². The number of aromatic nitrogens is 2. The van der Waals surface area contributed by atoms with Crippen molar-refractivity contribution < 1.29 is 0 Å². The summed E-state index contributed by atoms with van der Waals surface area (Å²) in [4.78, 5) is 4.47. The molecule has 0 saturated carbocycles. The van der Waals surface area contributed by atoms with E-state index in [4.69, 9.17) is 5.73 Å². The Bertz CT molecular complexity index is 512. The average molecular weight is 229 g/mol. The van der Waals surface area contributed by atoms with Crippen LogP contribution in [0.5, 0.6) is 0 Å². The van der Waals surface area contributed by atoms with Gasteiger partial charge in [-0.05, 0) is 26.3 Å². The zero-order chi connectivity index (χ0) is 12.4. The number of nitrogens with zero attached hydrogens (tertiary/aromatic N) is 2. The molecule has 17 heavy (non-hydrogen) atoms. The van der Waals surface area contributed by atoms with E-state index in [0.717, 1.165) is 18.1 Å². The summed E-state index contributed by atoms with van der Waals surface area (Å²) in [5.41, 5.74) is 9.37. The van der Waals surface area contributed by atoms with Gasteiger partial charge < -0.3 is 10.3 Å². The Kier molecular flexibility index (Phi) is 3.29. The van der Waals surface area contributed by atoms with Crippen molar-refractivity contribution in [1.82, 2.24) is 9.55 Å². The molecule has 2 rings (SSSR count). The normalized spacial score (nSPS) is 12.7. The van der Waals surface area contributed by atoms with E-state index in [1.165, 1.54) is 11.1 Å². The number of nitrogens with two attached hydrogens (primary N) is 1. The van der Waals surface area contributed by atoms with E-state index in [0.29, 0.717) is 0 Å². The number of imidazole rings is 1. The van der Waals surface area contributed by atoms with Gasteiger partial charge in [0.05, 0.1) is 5.69 Å². The molecule has 1 aromatic heterocycles. The van der Waals surface area contributed by atoms with Gasteiger partial charge in [-0.1, -0.05) is 29.8 Å². The molecule has 0 bridgehead atoms. The van der Waals surface area contributed by atoms with Gasteiger partial charge in [0.15, 0.2) is 0 Å². The second-order valence-corrected chi connectivity index (χ2v) is 4.62. The standard InChI is InChI=1S/C14H19N3/c1-10-5-4-6-13(7-10)8-17-9-14(11(2)15)16-12(17)3/h4-7,9,11H,8,15H2,1-3H3. The van der Waals surface area contributed by atoms with Gasteiger partial charge in [-0.15, -0.1) is 0 Å². The highest BCUT2D eigenvalue weighted by molar-refractivity contribution is 5.23. The third kappa shape index (κ3) is 2.74. The summed E-state index contributed by atoms with van der Waals surface area (Å²) in [5.74, 6) is 1.01. The van der Waals surface area contributed by atoms with Gasteiger partial charge in [0.1, 0.15) is 5.82 Å². The Morgan fingerprint density at radius 2 is 2.12 bits per heavy atom. The number of benzene rings is 1. The molecule has 0 radical (unpaired) electrons. The lowest BCUT2D eigenvalue weighted by atomic mass is 10.1. The van der Waals surface area contributed by atoms with Crippen LogP contribution in [0.3, 0.4) is 0 Å². The van der Waals surface area contributed by atoms with Crippen molar-refractivity contribution in [3.05, 3.63) is 53.1 Å². The van der Waals surface area contributed by atoms with Crippen LogP contribution in [-0.2, 0) is 6.54 Å². The number of hydrogen-bond donors (Lipinski definition) is 1. The highest BCUT2D eigenvalue weighted by Crippen LogP contribution is 2.12. The topological polar surface area (TPSA) is 43.8 Å². The molecule has 1 heterocycles. The van der Waals surface area contributed by atoms with E-state index in [-0.39, 0.29) is 6.04 Å². The quantitative estimate of drug-likeness (QED) is 0.879. The van der Waals surface area contributed by atoms with Gasteiger partial charge in [-0.2, -0.15) is 0 Å². The van der Waals surface area contributed by atoms with Crippen molar-refractivity contribution in [1.29, 1.82) is 0 Å². The third-order valence-corrected chi connectivity index (χ3v) is 2.90. The Morgan fingerprint density at radius 1 is 1.35 bits per heavy atom. The highest BCUT2D eigenvalue weighted by atomic mass is 15.1. The molecule has 0 saturated heterocycles. The van der Waals surface area contributed by atoms with Crippen LogP contribution in [0.15, 0.2) is 30.5 Å². The summed E-state index contributed by atoms with van der Waals surface area (Å²) in [7, 11) is 0. The number of hydrogen-bond acceptors (Lipinski definition) is 2. The predicted octanol–water partition coefficient (Wildman–Crippen LogP) is 2.57. The maximum atomic E-state index is 5.84. The van der Waals surface area contributed by atoms with Crippen molar-refractivity contribution in [2.45, 2.75) is 33.4 Å². The van der Waals surface area contributed by atoms with Crippen LogP contribution >= 0.6 is 0 Å². The van der Waals surface area contributed by atoms with E-state index in [1.54, 1.807) is 0 Å². The van der Waals surface area contributed by atoms with Gasteiger partial charge in [0, 0.05) is 18.8 Å². The second-order valence-electron chi connectivity index (χ2n) is 4.62. The maximum Gasteiger partial charge on any atom is 0.106 e. The summed E-state index contributed by atoms with van der Waals surface area (Å²) in [6.45, 7) is 6.94. The maximum absolute atomic E-state index is 5.84. The largest absolute Gasteiger partial charge is 0.330 e. The average Bonchev–Trinajstić information content (AvgIpc) is 2.61. The van der Waals surface area contributed by atoms with E-state index in [2.05, 4.69) is 40.7 Å². The lowest BCUT2D eigenvalue weighted by molar-refractivity contribution is 0.758. The predicted molar refractivity (Wildman–Crippen MR) is 69.8 cm³/mol. The smallest absolute Gasteiger partial charge is 0.106 e. The first-order valence-corrected chi connectivity index (χ1v) is 5.91. The van der Waals surface area contributed by atoms with Crippen LogP contribution < -0.4 is 5.73 Å². The van der Waals surface area contributed by atoms with Gasteiger partial charge >= 0.3 is 0 Å². The van der Waals surface area contributed by atoms with Crippen LogP contribution in [-0.4, -0.2) is 9.55 Å². The SMILES string of the molecule is Cc1cccc(Cn2cc(C(C)N)nc2C)c1. The molecular formula is C14H19N3. The fourth-order valence-corrected chi connectivity index (χ4v) is 1.92. The van der Waals surface area contributed by atoms with Crippen molar-refractivity contribution in [2.75, 3.05) is 0 Å². The van der Waals surface area contributed by atoms with Crippen molar-refractivity contribution in [3.63, 3.8) is 0 Å². The first-order valence-electron chi connectivity index (χ1n) is 5.91. The van der Waals surface area contributed by atoms with E-state index >= 15 is 0 Å². The lowest BCUT2D eigenvalue weighted by Gasteiger charge is -2.05. The van der Waals surface area contributed by atoms with Crippen LogP contribution in [0, 0.1) is 13.8 Å². The Balaban J connectivity index is 2.24. The minimum absolute atomic E-state index is 0.00698. The minimum Gasteiger partial charge on any atom is -0.330 e. The molecule has 90 valence electrons. The zero-order valence-corrected chi connectivity index (χ0v) is 10.6. The fourth-order valence-electron chi connectivity index (χ4n) is 1.92.